The highest BCUT2D eigenvalue weighted by atomic mass is 16.5. The Morgan fingerprint density at radius 1 is 1.22 bits per heavy atom. The summed E-state index contributed by atoms with van der Waals surface area (Å²) in [4.78, 5) is 0. The zero-order chi connectivity index (χ0) is 12.4. The summed E-state index contributed by atoms with van der Waals surface area (Å²) in [5, 5.41) is 3.59. The molecule has 98 valence electrons. The first-order chi connectivity index (χ1) is 8.81. The molecule has 0 amide bonds. The minimum absolute atomic E-state index is 0.336. The predicted molar refractivity (Wildman–Crippen MR) is 74.1 cm³/mol. The molecule has 1 saturated carbocycles. The molecule has 2 heteroatoms. The zero-order valence-corrected chi connectivity index (χ0v) is 11.2. The van der Waals surface area contributed by atoms with Crippen molar-refractivity contribution >= 4 is 0 Å². The normalized spacial score (nSPS) is 23.1. The number of fused-ring (bicyclic) bond motifs is 1. The number of ether oxygens (including phenoxy) is 1. The molecule has 2 nitrogen and oxygen atoms in total. The van der Waals surface area contributed by atoms with Crippen molar-refractivity contribution in [3.05, 3.63) is 29.3 Å². The lowest BCUT2D eigenvalue weighted by Gasteiger charge is -2.14. The Labute approximate surface area is 110 Å². The lowest BCUT2D eigenvalue weighted by Crippen LogP contribution is -2.32. The van der Waals surface area contributed by atoms with Crippen LogP contribution in [0.25, 0.3) is 0 Å². The SMILES string of the molecule is Cc1ccc2c(c1)CC(CNCC1CCCC1)O2. The molecule has 0 spiro atoms. The average Bonchev–Trinajstić information content (AvgIpc) is 2.97. The van der Waals surface area contributed by atoms with Gasteiger partial charge in [0.25, 0.3) is 0 Å². The first kappa shape index (κ1) is 12.0. The van der Waals surface area contributed by atoms with E-state index in [2.05, 4.69) is 30.4 Å². The standard InChI is InChI=1S/C16H23NO/c1-12-6-7-16-14(8-12)9-15(18-16)11-17-10-13-4-2-3-5-13/h6-8,13,15,17H,2-5,9-11H2,1H3. The molecule has 1 aromatic carbocycles. The Kier molecular flexibility index (Phi) is 3.55. The van der Waals surface area contributed by atoms with Crippen LogP contribution in [0.2, 0.25) is 0 Å². The maximum atomic E-state index is 5.96. The Hall–Kier alpha value is -1.02. The summed E-state index contributed by atoms with van der Waals surface area (Å²) in [6, 6.07) is 6.50. The molecule has 1 fully saturated rings. The lowest BCUT2D eigenvalue weighted by molar-refractivity contribution is 0.225. The third kappa shape index (κ3) is 2.69. The number of nitrogens with one attached hydrogen (secondary N) is 1. The van der Waals surface area contributed by atoms with Crippen molar-refractivity contribution in [2.75, 3.05) is 13.1 Å². The van der Waals surface area contributed by atoms with Crippen molar-refractivity contribution in [2.45, 2.75) is 45.1 Å². The van der Waals surface area contributed by atoms with Crippen molar-refractivity contribution in [1.82, 2.24) is 5.32 Å². The summed E-state index contributed by atoms with van der Waals surface area (Å²) < 4.78 is 5.96. The summed E-state index contributed by atoms with van der Waals surface area (Å²) in [5.74, 6) is 2.00. The van der Waals surface area contributed by atoms with E-state index in [9.17, 15) is 0 Å². The summed E-state index contributed by atoms with van der Waals surface area (Å²) in [6.45, 7) is 4.31. The molecule has 1 unspecified atom stereocenters. The van der Waals surface area contributed by atoms with Crippen LogP contribution in [-0.2, 0) is 6.42 Å². The van der Waals surface area contributed by atoms with Crippen LogP contribution in [0.5, 0.6) is 5.75 Å². The molecular formula is C16H23NO. The molecule has 0 aromatic heterocycles. The minimum Gasteiger partial charge on any atom is -0.488 e. The van der Waals surface area contributed by atoms with E-state index in [1.165, 1.54) is 43.4 Å². The zero-order valence-electron chi connectivity index (χ0n) is 11.2. The largest absolute Gasteiger partial charge is 0.488 e. The Bertz CT molecular complexity index is 410. The second-order valence-electron chi connectivity index (χ2n) is 5.86. The van der Waals surface area contributed by atoms with Crippen molar-refractivity contribution in [3.63, 3.8) is 0 Å². The fraction of sp³-hybridized carbons (Fsp3) is 0.625. The van der Waals surface area contributed by atoms with Crippen LogP contribution in [0.15, 0.2) is 18.2 Å². The van der Waals surface area contributed by atoms with Gasteiger partial charge in [-0.3, -0.25) is 0 Å². The monoisotopic (exact) mass is 245 g/mol. The second kappa shape index (κ2) is 5.31. The summed E-state index contributed by atoms with van der Waals surface area (Å²) in [7, 11) is 0. The van der Waals surface area contributed by atoms with E-state index < -0.39 is 0 Å². The third-order valence-corrected chi connectivity index (χ3v) is 4.24. The lowest BCUT2D eigenvalue weighted by atomic mass is 10.1. The molecule has 0 saturated heterocycles. The number of hydrogen-bond acceptors (Lipinski definition) is 2. The van der Waals surface area contributed by atoms with Crippen molar-refractivity contribution < 1.29 is 4.74 Å². The Morgan fingerprint density at radius 2 is 2.06 bits per heavy atom. The van der Waals surface area contributed by atoms with Crippen LogP contribution < -0.4 is 10.1 Å². The van der Waals surface area contributed by atoms with E-state index in [-0.39, 0.29) is 0 Å². The minimum atomic E-state index is 0.336. The van der Waals surface area contributed by atoms with Gasteiger partial charge in [0, 0.05) is 13.0 Å². The predicted octanol–water partition coefficient (Wildman–Crippen LogP) is 3.08. The maximum absolute atomic E-state index is 5.96. The molecule has 0 bridgehead atoms. The van der Waals surface area contributed by atoms with Gasteiger partial charge in [-0.15, -0.1) is 0 Å². The van der Waals surface area contributed by atoms with Gasteiger partial charge < -0.3 is 10.1 Å². The van der Waals surface area contributed by atoms with Crippen LogP contribution in [0.1, 0.15) is 36.8 Å². The van der Waals surface area contributed by atoms with Crippen LogP contribution in [-0.4, -0.2) is 19.2 Å². The van der Waals surface area contributed by atoms with Crippen molar-refractivity contribution in [1.29, 1.82) is 0 Å². The van der Waals surface area contributed by atoms with E-state index in [4.69, 9.17) is 4.74 Å². The highest BCUT2D eigenvalue weighted by Crippen LogP contribution is 2.29. The van der Waals surface area contributed by atoms with Crippen LogP contribution in [0.4, 0.5) is 0 Å². The van der Waals surface area contributed by atoms with Crippen molar-refractivity contribution in [3.8, 4) is 5.75 Å². The van der Waals surface area contributed by atoms with E-state index in [1.54, 1.807) is 0 Å². The van der Waals surface area contributed by atoms with Crippen molar-refractivity contribution in [2.24, 2.45) is 5.92 Å². The third-order valence-electron chi connectivity index (χ3n) is 4.24. The molecule has 3 rings (SSSR count). The maximum Gasteiger partial charge on any atom is 0.123 e. The smallest absolute Gasteiger partial charge is 0.123 e. The fourth-order valence-corrected chi connectivity index (χ4v) is 3.23. The molecule has 0 radical (unpaired) electrons. The Balaban J connectivity index is 1.46. The molecular weight excluding hydrogens is 222 g/mol. The van der Waals surface area contributed by atoms with Gasteiger partial charge >= 0.3 is 0 Å². The van der Waals surface area contributed by atoms with Gasteiger partial charge in [-0.1, -0.05) is 30.5 Å². The average molecular weight is 245 g/mol. The topological polar surface area (TPSA) is 21.3 Å². The molecule has 1 atom stereocenters. The second-order valence-corrected chi connectivity index (χ2v) is 5.86. The van der Waals surface area contributed by atoms with E-state index in [0.717, 1.165) is 24.6 Å². The van der Waals surface area contributed by atoms with E-state index >= 15 is 0 Å². The van der Waals surface area contributed by atoms with Gasteiger partial charge in [0.2, 0.25) is 0 Å². The summed E-state index contributed by atoms with van der Waals surface area (Å²) >= 11 is 0. The summed E-state index contributed by atoms with van der Waals surface area (Å²) in [5.41, 5.74) is 2.71. The van der Waals surface area contributed by atoms with E-state index in [1.807, 2.05) is 0 Å². The number of aryl methyl sites for hydroxylation is 1. The van der Waals surface area contributed by atoms with Crippen LogP contribution in [0.3, 0.4) is 0 Å². The number of rotatable bonds is 4. The number of benzene rings is 1. The van der Waals surface area contributed by atoms with Gasteiger partial charge in [-0.25, -0.2) is 0 Å². The van der Waals surface area contributed by atoms with E-state index in [0.29, 0.717) is 6.10 Å². The highest BCUT2D eigenvalue weighted by Gasteiger charge is 2.23. The van der Waals surface area contributed by atoms with Gasteiger partial charge in [0.05, 0.1) is 0 Å². The molecule has 1 aliphatic heterocycles. The number of hydrogen-bond donors (Lipinski definition) is 1. The molecule has 1 aliphatic carbocycles. The Morgan fingerprint density at radius 3 is 2.89 bits per heavy atom. The quantitative estimate of drug-likeness (QED) is 0.880. The van der Waals surface area contributed by atoms with Gasteiger partial charge in [-0.05, 0) is 43.9 Å². The molecule has 2 aliphatic rings. The van der Waals surface area contributed by atoms with Crippen LogP contribution in [0, 0.1) is 12.8 Å². The molecule has 1 heterocycles. The molecule has 1 aromatic rings. The van der Waals surface area contributed by atoms with Gasteiger partial charge in [0.15, 0.2) is 0 Å². The van der Waals surface area contributed by atoms with Crippen LogP contribution >= 0.6 is 0 Å². The first-order valence-corrected chi connectivity index (χ1v) is 7.28. The van der Waals surface area contributed by atoms with Gasteiger partial charge in [0.1, 0.15) is 11.9 Å². The fourth-order valence-electron chi connectivity index (χ4n) is 3.23. The molecule has 18 heavy (non-hydrogen) atoms. The highest BCUT2D eigenvalue weighted by molar-refractivity contribution is 5.40. The first-order valence-electron chi connectivity index (χ1n) is 7.28. The van der Waals surface area contributed by atoms with Gasteiger partial charge in [-0.2, -0.15) is 0 Å². The molecule has 1 N–H and O–H groups in total. The summed E-state index contributed by atoms with van der Waals surface area (Å²) in [6.07, 6.45) is 7.08.